The van der Waals surface area contributed by atoms with E-state index < -0.39 is 0 Å². The molecule has 0 saturated heterocycles. The number of amides is 2. The van der Waals surface area contributed by atoms with Gasteiger partial charge in [0.1, 0.15) is 12.4 Å². The summed E-state index contributed by atoms with van der Waals surface area (Å²) in [5.41, 5.74) is 6.39. The van der Waals surface area contributed by atoms with Gasteiger partial charge in [0.15, 0.2) is 0 Å². The van der Waals surface area contributed by atoms with Crippen molar-refractivity contribution in [3.8, 4) is 0 Å². The van der Waals surface area contributed by atoms with Gasteiger partial charge >= 0.3 is 0 Å². The lowest BCUT2D eigenvalue weighted by Crippen LogP contribution is -2.27. The van der Waals surface area contributed by atoms with Crippen LogP contribution in [0.15, 0.2) is 66.7 Å². The number of anilines is 1. The number of para-hydroxylation sites is 2. The maximum absolute atomic E-state index is 12.9. The number of aryl methyl sites for hydroxylation is 3. The molecule has 2 N–H and O–H groups in total. The molecule has 0 bridgehead atoms. The molecule has 0 saturated carbocycles. The monoisotopic (exact) mass is 440 g/mol. The summed E-state index contributed by atoms with van der Waals surface area (Å²) in [6.45, 7) is 6.54. The number of carbonyl (C=O) groups excluding carboxylic acids is 2. The van der Waals surface area contributed by atoms with E-state index in [9.17, 15) is 9.59 Å². The van der Waals surface area contributed by atoms with Gasteiger partial charge in [-0.1, -0.05) is 42.0 Å². The second kappa shape index (κ2) is 9.69. The molecule has 2 amide bonds. The Morgan fingerprint density at radius 3 is 2.42 bits per heavy atom. The van der Waals surface area contributed by atoms with Crippen LogP contribution < -0.4 is 10.6 Å². The summed E-state index contributed by atoms with van der Waals surface area (Å²) in [5.74, 6) is 0.527. The van der Waals surface area contributed by atoms with Crippen molar-refractivity contribution < 1.29 is 9.59 Å². The molecular formula is C27H28N4O2. The molecule has 0 spiro atoms. The summed E-state index contributed by atoms with van der Waals surface area (Å²) in [7, 11) is 0. The lowest BCUT2D eigenvalue weighted by atomic mass is 10.1. The number of aromatic nitrogens is 2. The van der Waals surface area contributed by atoms with Gasteiger partial charge in [-0.15, -0.1) is 0 Å². The molecule has 4 rings (SSSR count). The first-order valence-corrected chi connectivity index (χ1v) is 11.1. The Hall–Kier alpha value is -3.93. The van der Waals surface area contributed by atoms with E-state index in [0.717, 1.165) is 39.2 Å². The lowest BCUT2D eigenvalue weighted by molar-refractivity contribution is -0.116. The Labute approximate surface area is 193 Å². The van der Waals surface area contributed by atoms with Crippen LogP contribution in [0.3, 0.4) is 0 Å². The normalized spacial score (nSPS) is 10.9. The van der Waals surface area contributed by atoms with E-state index in [4.69, 9.17) is 4.98 Å². The van der Waals surface area contributed by atoms with Crippen LogP contribution in [0.2, 0.25) is 0 Å². The number of fused-ring (bicyclic) bond motifs is 1. The van der Waals surface area contributed by atoms with Gasteiger partial charge in [0, 0.05) is 24.2 Å². The number of nitrogens with one attached hydrogen (secondary N) is 2. The molecule has 0 aliphatic carbocycles. The predicted octanol–water partition coefficient (Wildman–Crippen LogP) is 4.57. The maximum atomic E-state index is 12.9. The third kappa shape index (κ3) is 5.29. The minimum atomic E-state index is -0.120. The van der Waals surface area contributed by atoms with Gasteiger partial charge in [0.05, 0.1) is 11.0 Å². The van der Waals surface area contributed by atoms with Gasteiger partial charge in [-0.05, 0) is 62.2 Å². The molecule has 0 atom stereocenters. The number of carbonyl (C=O) groups is 2. The van der Waals surface area contributed by atoms with Crippen molar-refractivity contribution in [2.45, 2.75) is 33.7 Å². The van der Waals surface area contributed by atoms with Crippen LogP contribution in [0, 0.1) is 20.8 Å². The number of benzene rings is 3. The fourth-order valence-electron chi connectivity index (χ4n) is 3.79. The molecule has 4 aromatic rings. The van der Waals surface area contributed by atoms with Crippen LogP contribution in [0.1, 0.15) is 32.9 Å². The molecule has 33 heavy (non-hydrogen) atoms. The number of hydrogen-bond acceptors (Lipinski definition) is 3. The van der Waals surface area contributed by atoms with E-state index in [1.54, 1.807) is 0 Å². The highest BCUT2D eigenvalue weighted by atomic mass is 16.2. The van der Waals surface area contributed by atoms with Gasteiger partial charge in [-0.25, -0.2) is 4.98 Å². The summed E-state index contributed by atoms with van der Waals surface area (Å²) in [4.78, 5) is 30.1. The molecular weight excluding hydrogens is 412 g/mol. The van der Waals surface area contributed by atoms with Crippen LogP contribution in [-0.4, -0.2) is 27.9 Å². The van der Waals surface area contributed by atoms with E-state index in [1.807, 2.05) is 92.1 Å². The van der Waals surface area contributed by atoms with Crippen LogP contribution in [0.5, 0.6) is 0 Å². The first kappa shape index (κ1) is 22.3. The summed E-state index contributed by atoms with van der Waals surface area (Å²) in [6, 6.07) is 21.2. The first-order valence-electron chi connectivity index (χ1n) is 11.1. The van der Waals surface area contributed by atoms with E-state index in [0.29, 0.717) is 18.5 Å². The van der Waals surface area contributed by atoms with E-state index >= 15 is 0 Å². The average Bonchev–Trinajstić information content (AvgIpc) is 3.14. The number of hydrogen-bond donors (Lipinski definition) is 2. The van der Waals surface area contributed by atoms with Gasteiger partial charge < -0.3 is 15.2 Å². The molecule has 0 aliphatic rings. The molecule has 0 radical (unpaired) electrons. The number of imidazole rings is 1. The number of nitrogens with zero attached hydrogens (tertiary/aromatic N) is 2. The standard InChI is InChI=1S/C27H28N4O2/c1-18-9-12-21(13-10-18)27(33)28-15-14-25-29-22-6-4-5-7-24(22)31(25)17-26(32)30-23-16-19(2)8-11-20(23)3/h4-13,16H,14-15,17H2,1-3H3,(H,28,33)(H,30,32). The minimum Gasteiger partial charge on any atom is -0.352 e. The van der Waals surface area contributed by atoms with Crippen molar-refractivity contribution in [1.82, 2.24) is 14.9 Å². The largest absolute Gasteiger partial charge is 0.352 e. The van der Waals surface area contributed by atoms with Crippen molar-refractivity contribution in [2.75, 3.05) is 11.9 Å². The minimum absolute atomic E-state index is 0.114. The SMILES string of the molecule is Cc1ccc(C(=O)NCCc2nc3ccccc3n2CC(=O)Nc2cc(C)ccc2C)cc1. The van der Waals surface area contributed by atoms with Gasteiger partial charge in [0.25, 0.3) is 5.91 Å². The zero-order valence-electron chi connectivity index (χ0n) is 19.2. The van der Waals surface area contributed by atoms with Crippen molar-refractivity contribution >= 4 is 28.5 Å². The Morgan fingerprint density at radius 2 is 1.64 bits per heavy atom. The van der Waals surface area contributed by atoms with Crippen LogP contribution in [0.25, 0.3) is 11.0 Å². The molecule has 0 unspecified atom stereocenters. The zero-order chi connectivity index (χ0) is 23.4. The third-order valence-electron chi connectivity index (χ3n) is 5.65. The lowest BCUT2D eigenvalue weighted by Gasteiger charge is -2.12. The second-order valence-corrected chi connectivity index (χ2v) is 8.34. The van der Waals surface area contributed by atoms with Crippen LogP contribution in [0.4, 0.5) is 5.69 Å². The second-order valence-electron chi connectivity index (χ2n) is 8.34. The predicted molar refractivity (Wildman–Crippen MR) is 131 cm³/mol. The van der Waals surface area contributed by atoms with E-state index in [1.165, 1.54) is 0 Å². The molecule has 6 nitrogen and oxygen atoms in total. The number of rotatable bonds is 7. The maximum Gasteiger partial charge on any atom is 0.251 e. The van der Waals surface area contributed by atoms with Crippen molar-refractivity contribution in [3.63, 3.8) is 0 Å². The third-order valence-corrected chi connectivity index (χ3v) is 5.65. The smallest absolute Gasteiger partial charge is 0.251 e. The summed E-state index contributed by atoms with van der Waals surface area (Å²) < 4.78 is 1.92. The molecule has 1 heterocycles. The fourth-order valence-corrected chi connectivity index (χ4v) is 3.79. The summed E-state index contributed by atoms with van der Waals surface area (Å²) in [5, 5.41) is 5.98. The van der Waals surface area contributed by atoms with Gasteiger partial charge in [-0.2, -0.15) is 0 Å². The average molecular weight is 441 g/mol. The highest BCUT2D eigenvalue weighted by Crippen LogP contribution is 2.19. The molecule has 1 aromatic heterocycles. The Balaban J connectivity index is 1.48. The van der Waals surface area contributed by atoms with Gasteiger partial charge in [0.2, 0.25) is 5.91 Å². The van der Waals surface area contributed by atoms with Crippen LogP contribution >= 0.6 is 0 Å². The van der Waals surface area contributed by atoms with Crippen molar-refractivity contribution in [2.24, 2.45) is 0 Å². The Kier molecular flexibility index (Phi) is 6.54. The van der Waals surface area contributed by atoms with Crippen molar-refractivity contribution in [1.29, 1.82) is 0 Å². The first-order chi connectivity index (χ1) is 15.9. The van der Waals surface area contributed by atoms with E-state index in [2.05, 4.69) is 10.6 Å². The van der Waals surface area contributed by atoms with Crippen molar-refractivity contribution in [3.05, 3.63) is 94.8 Å². The fraction of sp³-hybridized carbons (Fsp3) is 0.222. The summed E-state index contributed by atoms with van der Waals surface area (Å²) >= 11 is 0. The van der Waals surface area contributed by atoms with E-state index in [-0.39, 0.29) is 18.4 Å². The molecule has 0 fully saturated rings. The highest BCUT2D eigenvalue weighted by Gasteiger charge is 2.15. The van der Waals surface area contributed by atoms with Crippen LogP contribution in [-0.2, 0) is 17.8 Å². The molecule has 168 valence electrons. The topological polar surface area (TPSA) is 76.0 Å². The zero-order valence-corrected chi connectivity index (χ0v) is 19.2. The van der Waals surface area contributed by atoms with Gasteiger partial charge in [-0.3, -0.25) is 9.59 Å². The quantitative estimate of drug-likeness (QED) is 0.442. The molecule has 6 heteroatoms. The highest BCUT2D eigenvalue weighted by molar-refractivity contribution is 5.94. The molecule has 3 aromatic carbocycles. The molecule has 0 aliphatic heterocycles. The Bertz CT molecular complexity index is 1310. The summed E-state index contributed by atoms with van der Waals surface area (Å²) in [6.07, 6.45) is 0.517. The Morgan fingerprint density at radius 1 is 0.909 bits per heavy atom.